The maximum atomic E-state index is 10.8. The number of aliphatic hydroxyl groups excluding tert-OH is 1. The van der Waals surface area contributed by atoms with Crippen molar-refractivity contribution in [3.8, 4) is 0 Å². The fourth-order valence-corrected chi connectivity index (χ4v) is 3.78. The number of carbonyl (C=O) groups is 1. The number of ether oxygens (including phenoxy) is 1. The van der Waals surface area contributed by atoms with Gasteiger partial charge in [-0.3, -0.25) is 4.79 Å². The Labute approximate surface area is 183 Å². The Morgan fingerprint density at radius 3 is 2.57 bits per heavy atom. The molecular formula is C21H30Cl3NO3. The maximum Gasteiger partial charge on any atom is 0.305 e. The summed E-state index contributed by atoms with van der Waals surface area (Å²) >= 11 is 17.9. The standard InChI is InChI=1S/C12H14Cl3N.C9H16O3/c13-9-2-1-8(3-9)7-16-12-5-10(14)4-11(15)6-12;1-2-3-4-5-6-9(11)12-8-7-10/h4-6,8-9,16H,1-3,7H2;2-3,10H,4-8H2,1H3/b;3-2-/t8-,9?;/m0./s1. The van der Waals surface area contributed by atoms with E-state index in [4.69, 9.17) is 39.9 Å². The van der Waals surface area contributed by atoms with Gasteiger partial charge >= 0.3 is 5.97 Å². The minimum atomic E-state index is -0.228. The molecule has 1 aliphatic rings. The van der Waals surface area contributed by atoms with Gasteiger partial charge < -0.3 is 15.2 Å². The Morgan fingerprint density at radius 1 is 1.29 bits per heavy atom. The average Bonchev–Trinajstić information content (AvgIpc) is 3.07. The summed E-state index contributed by atoms with van der Waals surface area (Å²) in [6, 6.07) is 5.51. The molecule has 2 rings (SSSR count). The van der Waals surface area contributed by atoms with Crippen LogP contribution in [0, 0.1) is 5.92 Å². The van der Waals surface area contributed by atoms with Crippen LogP contribution in [0.2, 0.25) is 10.0 Å². The molecule has 1 aliphatic carbocycles. The average molecular weight is 451 g/mol. The third-order valence-electron chi connectivity index (χ3n) is 4.28. The summed E-state index contributed by atoms with van der Waals surface area (Å²) < 4.78 is 4.66. The van der Waals surface area contributed by atoms with Crippen molar-refractivity contribution in [2.45, 2.75) is 50.8 Å². The number of unbranched alkanes of at least 4 members (excludes halogenated alkanes) is 1. The lowest BCUT2D eigenvalue weighted by molar-refractivity contribution is -0.144. The molecule has 0 aromatic heterocycles. The number of halogens is 3. The highest BCUT2D eigenvalue weighted by Gasteiger charge is 2.22. The molecule has 0 bridgehead atoms. The topological polar surface area (TPSA) is 58.6 Å². The van der Waals surface area contributed by atoms with Gasteiger partial charge in [0.1, 0.15) is 6.61 Å². The highest BCUT2D eigenvalue weighted by Crippen LogP contribution is 2.30. The van der Waals surface area contributed by atoms with E-state index >= 15 is 0 Å². The van der Waals surface area contributed by atoms with Crippen LogP contribution in [0.4, 0.5) is 5.69 Å². The molecule has 1 aromatic carbocycles. The summed E-state index contributed by atoms with van der Waals surface area (Å²) in [5.74, 6) is 0.439. The number of nitrogens with one attached hydrogen (secondary N) is 1. The van der Waals surface area contributed by atoms with Crippen molar-refractivity contribution in [3.05, 3.63) is 40.4 Å². The van der Waals surface area contributed by atoms with E-state index in [1.54, 1.807) is 6.07 Å². The molecule has 0 aliphatic heterocycles. The molecule has 158 valence electrons. The van der Waals surface area contributed by atoms with Crippen LogP contribution in [-0.2, 0) is 9.53 Å². The zero-order valence-corrected chi connectivity index (χ0v) is 18.6. The molecule has 0 saturated heterocycles. The van der Waals surface area contributed by atoms with E-state index in [1.807, 2.05) is 31.2 Å². The van der Waals surface area contributed by atoms with Gasteiger partial charge in [0.2, 0.25) is 0 Å². The zero-order valence-electron chi connectivity index (χ0n) is 16.3. The first-order valence-electron chi connectivity index (χ1n) is 9.66. The van der Waals surface area contributed by atoms with Crippen LogP contribution in [0.5, 0.6) is 0 Å². The van der Waals surface area contributed by atoms with Crippen LogP contribution in [0.15, 0.2) is 30.4 Å². The van der Waals surface area contributed by atoms with Crippen LogP contribution < -0.4 is 5.32 Å². The lowest BCUT2D eigenvalue weighted by Crippen LogP contribution is -2.11. The highest BCUT2D eigenvalue weighted by molar-refractivity contribution is 6.35. The number of anilines is 1. The number of esters is 1. The molecule has 0 radical (unpaired) electrons. The second-order valence-corrected chi connectivity index (χ2v) is 8.21. The van der Waals surface area contributed by atoms with Crippen molar-refractivity contribution in [2.75, 3.05) is 25.1 Å². The first-order chi connectivity index (χ1) is 13.4. The second-order valence-electron chi connectivity index (χ2n) is 6.72. The molecule has 0 heterocycles. The first kappa shape index (κ1) is 25.1. The van der Waals surface area contributed by atoms with Crippen molar-refractivity contribution in [1.29, 1.82) is 0 Å². The fraction of sp³-hybridized carbons (Fsp3) is 0.571. The van der Waals surface area contributed by atoms with E-state index in [1.165, 1.54) is 6.42 Å². The predicted octanol–water partition coefficient (Wildman–Crippen LogP) is 6.08. The van der Waals surface area contributed by atoms with Crippen LogP contribution in [0.3, 0.4) is 0 Å². The van der Waals surface area contributed by atoms with Gasteiger partial charge in [-0.25, -0.2) is 0 Å². The van der Waals surface area contributed by atoms with Crippen molar-refractivity contribution in [3.63, 3.8) is 0 Å². The number of aliphatic hydroxyl groups is 1. The summed E-state index contributed by atoms with van der Waals surface area (Å²) in [6.07, 6.45) is 9.56. The minimum absolute atomic E-state index is 0.0966. The monoisotopic (exact) mass is 449 g/mol. The molecule has 1 fully saturated rings. The number of allylic oxidation sites excluding steroid dienone is 2. The van der Waals surface area contributed by atoms with Crippen molar-refractivity contribution in [1.82, 2.24) is 0 Å². The maximum absolute atomic E-state index is 10.8. The molecule has 2 N–H and O–H groups in total. The van der Waals surface area contributed by atoms with Gasteiger partial charge in [-0.1, -0.05) is 35.4 Å². The van der Waals surface area contributed by atoms with Gasteiger partial charge in [0.15, 0.2) is 0 Å². The summed E-state index contributed by atoms with van der Waals surface area (Å²) in [7, 11) is 0. The van der Waals surface area contributed by atoms with E-state index in [0.29, 0.717) is 27.8 Å². The molecule has 7 heteroatoms. The van der Waals surface area contributed by atoms with Gasteiger partial charge in [0.05, 0.1) is 6.61 Å². The third kappa shape index (κ3) is 11.8. The SMILES string of the molecule is C/C=C\CCCC(=O)OCCO.Clc1cc(Cl)cc(NC[C@H]2CCC(Cl)C2)c1. The molecule has 1 unspecified atom stereocenters. The zero-order chi connectivity index (χ0) is 20.8. The molecule has 1 saturated carbocycles. The van der Waals surface area contributed by atoms with Crippen molar-refractivity contribution < 1.29 is 14.6 Å². The molecule has 4 nitrogen and oxygen atoms in total. The number of benzene rings is 1. The van der Waals surface area contributed by atoms with Gasteiger partial charge in [0, 0.05) is 34.1 Å². The van der Waals surface area contributed by atoms with Crippen LogP contribution >= 0.6 is 34.8 Å². The third-order valence-corrected chi connectivity index (χ3v) is 5.11. The lowest BCUT2D eigenvalue weighted by Gasteiger charge is -2.12. The summed E-state index contributed by atoms with van der Waals surface area (Å²) in [6.45, 7) is 2.91. The number of carbonyl (C=O) groups excluding carboxylic acids is 1. The van der Waals surface area contributed by atoms with E-state index in [-0.39, 0.29) is 19.2 Å². The largest absolute Gasteiger partial charge is 0.463 e. The van der Waals surface area contributed by atoms with Crippen molar-refractivity contribution in [2.24, 2.45) is 5.92 Å². The number of hydrogen-bond donors (Lipinski definition) is 2. The van der Waals surface area contributed by atoms with E-state index in [9.17, 15) is 4.79 Å². The van der Waals surface area contributed by atoms with Crippen LogP contribution in [-0.4, -0.2) is 36.2 Å². The molecule has 1 aromatic rings. The number of hydrogen-bond acceptors (Lipinski definition) is 4. The minimum Gasteiger partial charge on any atom is -0.463 e. The Kier molecular flexibility index (Phi) is 13.4. The van der Waals surface area contributed by atoms with Gasteiger partial charge in [-0.2, -0.15) is 0 Å². The fourth-order valence-electron chi connectivity index (χ4n) is 2.88. The predicted molar refractivity (Wildman–Crippen MR) is 119 cm³/mol. The van der Waals surface area contributed by atoms with Gasteiger partial charge in [-0.15, -0.1) is 11.6 Å². The van der Waals surface area contributed by atoms with E-state index in [0.717, 1.165) is 37.9 Å². The molecule has 0 amide bonds. The molecule has 28 heavy (non-hydrogen) atoms. The number of rotatable bonds is 9. The van der Waals surface area contributed by atoms with Gasteiger partial charge in [0.25, 0.3) is 0 Å². The normalized spacial score (nSPS) is 18.6. The molecule has 2 atom stereocenters. The Morgan fingerprint density at radius 2 is 2.00 bits per heavy atom. The smallest absolute Gasteiger partial charge is 0.305 e. The summed E-state index contributed by atoms with van der Waals surface area (Å²) in [4.78, 5) is 10.8. The van der Waals surface area contributed by atoms with Gasteiger partial charge in [-0.05, 0) is 63.1 Å². The Bertz CT molecular complexity index is 590. The second kappa shape index (κ2) is 15.0. The Balaban J connectivity index is 0.000000295. The van der Waals surface area contributed by atoms with E-state index < -0.39 is 0 Å². The Hall–Kier alpha value is -0.940. The van der Waals surface area contributed by atoms with Crippen LogP contribution in [0.1, 0.15) is 45.4 Å². The lowest BCUT2D eigenvalue weighted by atomic mass is 10.1. The van der Waals surface area contributed by atoms with Crippen LogP contribution in [0.25, 0.3) is 0 Å². The quantitative estimate of drug-likeness (QED) is 0.207. The molecular weight excluding hydrogens is 421 g/mol. The molecule has 0 spiro atoms. The number of alkyl halides is 1. The van der Waals surface area contributed by atoms with Crippen molar-refractivity contribution >= 4 is 46.5 Å². The summed E-state index contributed by atoms with van der Waals surface area (Å²) in [5, 5.41) is 13.4. The first-order valence-corrected chi connectivity index (χ1v) is 10.9. The summed E-state index contributed by atoms with van der Waals surface area (Å²) in [5.41, 5.74) is 0.982. The van der Waals surface area contributed by atoms with E-state index in [2.05, 4.69) is 10.1 Å². The highest BCUT2D eigenvalue weighted by atomic mass is 35.5.